The molecule has 3 amide bonds. The third-order valence-electron chi connectivity index (χ3n) is 4.87. The summed E-state index contributed by atoms with van der Waals surface area (Å²) >= 11 is 0. The van der Waals surface area contributed by atoms with Crippen LogP contribution >= 0.6 is 0 Å². The molecule has 6 heteroatoms. The lowest BCUT2D eigenvalue weighted by molar-refractivity contribution is -0.115. The van der Waals surface area contributed by atoms with Crippen LogP contribution in [-0.2, 0) is 16.0 Å². The number of hydrogen-bond donors (Lipinski definition) is 1. The summed E-state index contributed by atoms with van der Waals surface area (Å²) in [5.74, 6) is -0.800. The van der Waals surface area contributed by atoms with Gasteiger partial charge < -0.3 is 10.1 Å². The van der Waals surface area contributed by atoms with Gasteiger partial charge in [-0.3, -0.25) is 19.3 Å². The Hall–Kier alpha value is -2.99. The Bertz CT molecular complexity index is 888. The van der Waals surface area contributed by atoms with Crippen LogP contribution in [0.4, 0.5) is 5.69 Å². The number of hydrogen-bond acceptors (Lipinski definition) is 4. The number of fused-ring (bicyclic) bond motifs is 1. The number of rotatable bonds is 5. The second kappa shape index (κ2) is 7.32. The molecule has 0 spiro atoms. The number of anilines is 1. The van der Waals surface area contributed by atoms with Gasteiger partial charge in [-0.1, -0.05) is 30.3 Å². The largest absolute Gasteiger partial charge is 0.376 e. The van der Waals surface area contributed by atoms with Gasteiger partial charge in [-0.05, 0) is 36.6 Å². The Kier molecular flexibility index (Phi) is 4.73. The molecule has 2 aliphatic heterocycles. The molecular formula is C21H20N2O4. The Balaban J connectivity index is 1.46. The number of carbonyl (C=O) groups is 3. The van der Waals surface area contributed by atoms with E-state index in [2.05, 4.69) is 5.32 Å². The van der Waals surface area contributed by atoms with Gasteiger partial charge in [0.25, 0.3) is 11.8 Å². The van der Waals surface area contributed by atoms with Gasteiger partial charge in [-0.15, -0.1) is 0 Å². The Labute approximate surface area is 157 Å². The molecule has 27 heavy (non-hydrogen) atoms. The summed E-state index contributed by atoms with van der Waals surface area (Å²) in [5.41, 5.74) is 2.12. The SMILES string of the molecule is O=C(Cc1ccccc1)Nc1ccc2c(c1)C(=O)N(C[C@H]1CCCO1)C2=O. The van der Waals surface area contributed by atoms with Gasteiger partial charge in [0, 0.05) is 12.3 Å². The molecule has 138 valence electrons. The standard InChI is InChI=1S/C21H20N2O4/c24-19(11-14-5-2-1-3-6-14)22-15-8-9-17-18(12-15)21(26)23(20(17)25)13-16-7-4-10-27-16/h1-3,5-6,8-9,12,16H,4,7,10-11,13H2,(H,22,24)/t16-/m1/s1. The topological polar surface area (TPSA) is 75.7 Å². The first kappa shape index (κ1) is 17.4. The average molecular weight is 364 g/mol. The number of carbonyl (C=O) groups excluding carboxylic acids is 3. The minimum absolute atomic E-state index is 0.0859. The minimum Gasteiger partial charge on any atom is -0.376 e. The molecule has 2 heterocycles. The van der Waals surface area contributed by atoms with Crippen molar-refractivity contribution >= 4 is 23.4 Å². The molecule has 0 aromatic heterocycles. The van der Waals surface area contributed by atoms with Crippen LogP contribution in [0.2, 0.25) is 0 Å². The monoisotopic (exact) mass is 364 g/mol. The molecule has 0 unspecified atom stereocenters. The number of nitrogens with zero attached hydrogens (tertiary/aromatic N) is 1. The van der Waals surface area contributed by atoms with E-state index in [1.807, 2.05) is 30.3 Å². The summed E-state index contributed by atoms with van der Waals surface area (Å²) in [6, 6.07) is 14.3. The molecule has 2 aromatic carbocycles. The lowest BCUT2D eigenvalue weighted by atomic mass is 10.1. The lowest BCUT2D eigenvalue weighted by Gasteiger charge is -2.17. The fourth-order valence-corrected chi connectivity index (χ4v) is 3.51. The molecule has 1 fully saturated rings. The number of ether oxygens (including phenoxy) is 1. The normalized spacial score (nSPS) is 18.7. The molecule has 2 aliphatic rings. The quantitative estimate of drug-likeness (QED) is 0.828. The molecule has 0 radical (unpaired) electrons. The Morgan fingerprint density at radius 3 is 2.59 bits per heavy atom. The van der Waals surface area contributed by atoms with Crippen LogP contribution in [0.5, 0.6) is 0 Å². The van der Waals surface area contributed by atoms with Gasteiger partial charge >= 0.3 is 0 Å². The summed E-state index contributed by atoms with van der Waals surface area (Å²) in [5, 5.41) is 2.80. The summed E-state index contributed by atoms with van der Waals surface area (Å²) < 4.78 is 5.54. The van der Waals surface area contributed by atoms with Crippen molar-refractivity contribution in [3.63, 3.8) is 0 Å². The van der Waals surface area contributed by atoms with Crippen molar-refractivity contribution in [3.05, 3.63) is 65.2 Å². The molecule has 2 aromatic rings. The van der Waals surface area contributed by atoms with Crippen LogP contribution in [-0.4, -0.2) is 41.9 Å². The summed E-state index contributed by atoms with van der Waals surface area (Å²) in [7, 11) is 0. The van der Waals surface area contributed by atoms with E-state index in [0.29, 0.717) is 23.4 Å². The second-order valence-corrected chi connectivity index (χ2v) is 6.83. The van der Waals surface area contributed by atoms with Gasteiger partial charge in [0.15, 0.2) is 0 Å². The van der Waals surface area contributed by atoms with Crippen LogP contribution < -0.4 is 5.32 Å². The molecule has 4 rings (SSSR count). The van der Waals surface area contributed by atoms with E-state index in [1.54, 1.807) is 18.2 Å². The first-order valence-electron chi connectivity index (χ1n) is 9.07. The van der Waals surface area contributed by atoms with E-state index in [-0.39, 0.29) is 36.8 Å². The zero-order valence-corrected chi connectivity index (χ0v) is 14.8. The molecular weight excluding hydrogens is 344 g/mol. The number of benzene rings is 2. The smallest absolute Gasteiger partial charge is 0.261 e. The van der Waals surface area contributed by atoms with Gasteiger partial charge in [0.05, 0.1) is 30.2 Å². The summed E-state index contributed by atoms with van der Waals surface area (Å²) in [4.78, 5) is 38.7. The first-order chi connectivity index (χ1) is 13.1. The second-order valence-electron chi connectivity index (χ2n) is 6.83. The van der Waals surface area contributed by atoms with Gasteiger partial charge in [-0.25, -0.2) is 0 Å². The molecule has 6 nitrogen and oxygen atoms in total. The highest BCUT2D eigenvalue weighted by Gasteiger charge is 2.37. The van der Waals surface area contributed by atoms with E-state index >= 15 is 0 Å². The van der Waals surface area contributed by atoms with Crippen molar-refractivity contribution in [3.8, 4) is 0 Å². The van der Waals surface area contributed by atoms with E-state index in [0.717, 1.165) is 18.4 Å². The Morgan fingerprint density at radius 1 is 1.07 bits per heavy atom. The highest BCUT2D eigenvalue weighted by Crippen LogP contribution is 2.27. The third kappa shape index (κ3) is 3.61. The summed E-state index contributed by atoms with van der Waals surface area (Å²) in [6.45, 7) is 0.952. The maximum atomic E-state index is 12.7. The maximum Gasteiger partial charge on any atom is 0.261 e. The molecule has 0 aliphatic carbocycles. The van der Waals surface area contributed by atoms with Gasteiger partial charge in [0.2, 0.25) is 5.91 Å². The molecule has 1 atom stereocenters. The number of nitrogens with one attached hydrogen (secondary N) is 1. The van der Waals surface area contributed by atoms with Crippen LogP contribution in [0.3, 0.4) is 0 Å². The van der Waals surface area contributed by atoms with Crippen molar-refractivity contribution in [1.29, 1.82) is 0 Å². The zero-order chi connectivity index (χ0) is 18.8. The third-order valence-corrected chi connectivity index (χ3v) is 4.87. The van der Waals surface area contributed by atoms with Crippen molar-refractivity contribution in [2.75, 3.05) is 18.5 Å². The van der Waals surface area contributed by atoms with Crippen LogP contribution in [0.25, 0.3) is 0 Å². The number of imide groups is 1. The first-order valence-corrected chi connectivity index (χ1v) is 9.07. The fourth-order valence-electron chi connectivity index (χ4n) is 3.51. The zero-order valence-electron chi connectivity index (χ0n) is 14.8. The van der Waals surface area contributed by atoms with Crippen molar-refractivity contribution in [1.82, 2.24) is 4.90 Å². The van der Waals surface area contributed by atoms with E-state index in [1.165, 1.54) is 4.90 Å². The Morgan fingerprint density at radius 2 is 1.85 bits per heavy atom. The fraction of sp³-hybridized carbons (Fsp3) is 0.286. The summed E-state index contributed by atoms with van der Waals surface area (Å²) in [6.07, 6.45) is 1.97. The predicted molar refractivity (Wildman–Crippen MR) is 99.6 cm³/mol. The van der Waals surface area contributed by atoms with E-state index in [4.69, 9.17) is 4.74 Å². The van der Waals surface area contributed by atoms with Crippen LogP contribution in [0.15, 0.2) is 48.5 Å². The van der Waals surface area contributed by atoms with Crippen molar-refractivity contribution in [2.24, 2.45) is 0 Å². The molecule has 0 saturated carbocycles. The molecule has 1 saturated heterocycles. The molecule has 1 N–H and O–H groups in total. The highest BCUT2D eigenvalue weighted by atomic mass is 16.5. The van der Waals surface area contributed by atoms with Crippen molar-refractivity contribution in [2.45, 2.75) is 25.4 Å². The highest BCUT2D eigenvalue weighted by molar-refractivity contribution is 6.21. The molecule has 0 bridgehead atoms. The van der Waals surface area contributed by atoms with Crippen molar-refractivity contribution < 1.29 is 19.1 Å². The average Bonchev–Trinajstić information content (AvgIpc) is 3.26. The van der Waals surface area contributed by atoms with Gasteiger partial charge in [0.1, 0.15) is 0 Å². The van der Waals surface area contributed by atoms with E-state index < -0.39 is 0 Å². The lowest BCUT2D eigenvalue weighted by Crippen LogP contribution is -2.36. The van der Waals surface area contributed by atoms with Crippen LogP contribution in [0, 0.1) is 0 Å². The maximum absolute atomic E-state index is 12.7. The number of amides is 3. The van der Waals surface area contributed by atoms with Crippen LogP contribution in [0.1, 0.15) is 39.1 Å². The predicted octanol–water partition coefficient (Wildman–Crippen LogP) is 2.64. The minimum atomic E-state index is -0.329. The van der Waals surface area contributed by atoms with E-state index in [9.17, 15) is 14.4 Å². The van der Waals surface area contributed by atoms with Gasteiger partial charge in [-0.2, -0.15) is 0 Å².